The smallest absolute Gasteiger partial charge is 0.231 e. The maximum atomic E-state index is 5.66. The third kappa shape index (κ3) is 4.76. The lowest BCUT2D eigenvalue weighted by molar-refractivity contribution is 0.174. The van der Waals surface area contributed by atoms with Crippen LogP contribution in [0.2, 0.25) is 0 Å². The summed E-state index contributed by atoms with van der Waals surface area (Å²) in [6, 6.07) is 18.3. The highest BCUT2D eigenvalue weighted by Crippen LogP contribution is 2.40. The maximum absolute atomic E-state index is 5.66. The lowest BCUT2D eigenvalue weighted by Crippen LogP contribution is -2.24. The van der Waals surface area contributed by atoms with Crippen LogP contribution < -0.4 is 24.3 Å². The van der Waals surface area contributed by atoms with Gasteiger partial charge in [-0.25, -0.2) is 0 Å². The number of fused-ring (bicyclic) bond motifs is 1. The monoisotopic (exact) mass is 495 g/mol. The molecule has 1 unspecified atom stereocenters. The Hall–Kier alpha value is -2.96. The molecular formula is C26H26BrNO4. The Morgan fingerprint density at radius 3 is 2.41 bits per heavy atom. The number of nitrogens with one attached hydrogen (secondary N) is 1. The molecule has 0 bridgehead atoms. The normalized spacial score (nSPS) is 13.0. The highest BCUT2D eigenvalue weighted by molar-refractivity contribution is 9.10. The van der Waals surface area contributed by atoms with Gasteiger partial charge in [-0.3, -0.25) is 0 Å². The molecule has 1 aliphatic rings. The van der Waals surface area contributed by atoms with Crippen LogP contribution in [0, 0.1) is 0 Å². The van der Waals surface area contributed by atoms with E-state index in [9.17, 15) is 0 Å². The first-order valence-electron chi connectivity index (χ1n) is 10.4. The van der Waals surface area contributed by atoms with Crippen molar-refractivity contribution in [3.8, 4) is 23.0 Å². The molecule has 4 rings (SSSR count). The Bertz CT molecular complexity index is 1100. The van der Waals surface area contributed by atoms with Crippen LogP contribution in [0.3, 0.4) is 0 Å². The summed E-state index contributed by atoms with van der Waals surface area (Å²) in [6.45, 7) is 4.98. The van der Waals surface area contributed by atoms with Crippen molar-refractivity contribution in [2.24, 2.45) is 0 Å². The van der Waals surface area contributed by atoms with Gasteiger partial charge >= 0.3 is 0 Å². The molecule has 32 heavy (non-hydrogen) atoms. The van der Waals surface area contributed by atoms with Gasteiger partial charge < -0.3 is 24.3 Å². The zero-order valence-electron chi connectivity index (χ0n) is 18.2. The Morgan fingerprint density at radius 1 is 1.03 bits per heavy atom. The van der Waals surface area contributed by atoms with E-state index in [1.165, 1.54) is 5.56 Å². The minimum Gasteiger partial charge on any atom is -0.493 e. The standard InChI is InChI=1S/C26H26BrNO4/c1-4-18-11-25-26(32-16-31-25)13-20(18)22(28-15-17-8-6-5-7-9-17)10-19-12-23(29-2)24(30-3)14-21(19)27/h4-9,11-14,22,28H,1,10,15-16H2,2-3H3. The van der Waals surface area contributed by atoms with E-state index in [0.29, 0.717) is 17.9 Å². The first kappa shape index (κ1) is 22.2. The van der Waals surface area contributed by atoms with Gasteiger partial charge in [-0.15, -0.1) is 0 Å². The summed E-state index contributed by atoms with van der Waals surface area (Å²) in [5.74, 6) is 2.88. The Morgan fingerprint density at radius 2 is 1.72 bits per heavy atom. The summed E-state index contributed by atoms with van der Waals surface area (Å²) < 4.78 is 23.2. The summed E-state index contributed by atoms with van der Waals surface area (Å²) >= 11 is 3.71. The average Bonchev–Trinajstić information content (AvgIpc) is 3.29. The molecule has 0 amide bonds. The van der Waals surface area contributed by atoms with Crippen LogP contribution in [-0.4, -0.2) is 21.0 Å². The molecule has 1 N–H and O–H groups in total. The van der Waals surface area contributed by atoms with Gasteiger partial charge in [0.05, 0.1) is 14.2 Å². The summed E-state index contributed by atoms with van der Waals surface area (Å²) in [6.07, 6.45) is 2.58. The van der Waals surface area contributed by atoms with Crippen LogP contribution >= 0.6 is 15.9 Å². The van der Waals surface area contributed by atoms with E-state index in [-0.39, 0.29) is 12.8 Å². The van der Waals surface area contributed by atoms with E-state index in [1.807, 2.05) is 42.5 Å². The molecule has 1 heterocycles. The third-order valence-electron chi connectivity index (χ3n) is 5.55. The predicted molar refractivity (Wildman–Crippen MR) is 130 cm³/mol. The topological polar surface area (TPSA) is 49.0 Å². The van der Waals surface area contributed by atoms with E-state index in [2.05, 4.69) is 46.0 Å². The van der Waals surface area contributed by atoms with Crippen molar-refractivity contribution in [2.45, 2.75) is 19.0 Å². The van der Waals surface area contributed by atoms with Crippen molar-refractivity contribution in [3.05, 3.63) is 87.9 Å². The number of benzene rings is 3. The number of hydrogen-bond donors (Lipinski definition) is 1. The van der Waals surface area contributed by atoms with E-state index in [1.54, 1.807) is 14.2 Å². The van der Waals surface area contributed by atoms with Crippen LogP contribution in [0.25, 0.3) is 6.08 Å². The van der Waals surface area contributed by atoms with Crippen molar-refractivity contribution in [2.75, 3.05) is 21.0 Å². The second kappa shape index (κ2) is 10.1. The summed E-state index contributed by atoms with van der Waals surface area (Å²) in [4.78, 5) is 0. The van der Waals surface area contributed by atoms with Crippen molar-refractivity contribution >= 4 is 22.0 Å². The third-order valence-corrected chi connectivity index (χ3v) is 6.28. The van der Waals surface area contributed by atoms with Crippen molar-refractivity contribution in [1.82, 2.24) is 5.32 Å². The van der Waals surface area contributed by atoms with Gasteiger partial charge in [0.2, 0.25) is 6.79 Å². The first-order chi connectivity index (χ1) is 15.6. The summed E-state index contributed by atoms with van der Waals surface area (Å²) in [5, 5.41) is 3.72. The van der Waals surface area contributed by atoms with Gasteiger partial charge in [-0.2, -0.15) is 0 Å². The fourth-order valence-corrected chi connectivity index (χ4v) is 4.34. The quantitative estimate of drug-likeness (QED) is 0.399. The Balaban J connectivity index is 1.71. The molecule has 0 fully saturated rings. The van der Waals surface area contributed by atoms with Crippen LogP contribution in [0.5, 0.6) is 23.0 Å². The molecule has 0 saturated heterocycles. The zero-order chi connectivity index (χ0) is 22.5. The number of halogens is 1. The molecule has 3 aromatic rings. The highest BCUT2D eigenvalue weighted by Gasteiger charge is 2.23. The lowest BCUT2D eigenvalue weighted by Gasteiger charge is -2.23. The van der Waals surface area contributed by atoms with Gasteiger partial charge in [0.15, 0.2) is 23.0 Å². The van der Waals surface area contributed by atoms with Crippen LogP contribution in [0.4, 0.5) is 0 Å². The maximum Gasteiger partial charge on any atom is 0.231 e. The number of methoxy groups -OCH3 is 2. The molecule has 0 radical (unpaired) electrons. The van der Waals surface area contributed by atoms with Gasteiger partial charge in [0.1, 0.15) is 0 Å². The minimum atomic E-state index is -0.00731. The van der Waals surface area contributed by atoms with Crippen molar-refractivity contribution < 1.29 is 18.9 Å². The molecular weight excluding hydrogens is 470 g/mol. The Kier molecular flexibility index (Phi) is 7.02. The Labute approximate surface area is 197 Å². The van der Waals surface area contributed by atoms with Gasteiger partial charge in [-0.1, -0.05) is 58.9 Å². The molecule has 3 aromatic carbocycles. The molecule has 166 valence electrons. The van der Waals surface area contributed by atoms with E-state index >= 15 is 0 Å². The fraction of sp³-hybridized carbons (Fsp3) is 0.231. The van der Waals surface area contributed by atoms with Gasteiger partial charge in [-0.05, 0) is 52.9 Å². The lowest BCUT2D eigenvalue weighted by atomic mass is 9.93. The molecule has 1 atom stereocenters. The molecule has 0 saturated carbocycles. The highest BCUT2D eigenvalue weighted by atomic mass is 79.9. The molecule has 6 heteroatoms. The van der Waals surface area contributed by atoms with Gasteiger partial charge in [0, 0.05) is 17.1 Å². The average molecular weight is 496 g/mol. The minimum absolute atomic E-state index is 0.00731. The number of rotatable bonds is 9. The van der Waals surface area contributed by atoms with Crippen LogP contribution in [0.15, 0.2) is 65.6 Å². The molecule has 0 aliphatic carbocycles. The fourth-order valence-electron chi connectivity index (χ4n) is 3.85. The van der Waals surface area contributed by atoms with Gasteiger partial charge in [0.25, 0.3) is 0 Å². The SMILES string of the molecule is C=Cc1cc2c(cc1C(Cc1cc(OC)c(OC)cc1Br)NCc1ccccc1)OCO2. The summed E-state index contributed by atoms with van der Waals surface area (Å²) in [7, 11) is 3.28. The summed E-state index contributed by atoms with van der Waals surface area (Å²) in [5.41, 5.74) is 4.42. The van der Waals surface area contributed by atoms with E-state index in [4.69, 9.17) is 18.9 Å². The number of ether oxygens (including phenoxy) is 4. The largest absolute Gasteiger partial charge is 0.493 e. The predicted octanol–water partition coefficient (Wildman–Crippen LogP) is 5.91. The first-order valence-corrected chi connectivity index (χ1v) is 11.2. The number of hydrogen-bond acceptors (Lipinski definition) is 5. The van der Waals surface area contributed by atoms with Crippen LogP contribution in [0.1, 0.15) is 28.3 Å². The molecule has 0 spiro atoms. The van der Waals surface area contributed by atoms with E-state index in [0.717, 1.165) is 39.2 Å². The molecule has 1 aliphatic heterocycles. The van der Waals surface area contributed by atoms with Crippen molar-refractivity contribution in [3.63, 3.8) is 0 Å². The molecule has 0 aromatic heterocycles. The second-order valence-electron chi connectivity index (χ2n) is 7.46. The zero-order valence-corrected chi connectivity index (χ0v) is 19.8. The molecule has 5 nitrogen and oxygen atoms in total. The van der Waals surface area contributed by atoms with E-state index < -0.39 is 0 Å². The second-order valence-corrected chi connectivity index (χ2v) is 8.31. The van der Waals surface area contributed by atoms with Crippen LogP contribution in [-0.2, 0) is 13.0 Å². The van der Waals surface area contributed by atoms with Crippen molar-refractivity contribution in [1.29, 1.82) is 0 Å².